The number of hydrogen-bond donors (Lipinski definition) is 2. The summed E-state index contributed by atoms with van der Waals surface area (Å²) in [6.45, 7) is 6.98. The zero-order chi connectivity index (χ0) is 13.1. The van der Waals surface area contributed by atoms with Gasteiger partial charge >= 0.3 is 0 Å². The largest absolute Gasteiger partial charge is 0.347 e. The van der Waals surface area contributed by atoms with Crippen molar-refractivity contribution in [2.75, 3.05) is 6.54 Å². The number of nitrogens with one attached hydrogen (secondary N) is 2. The van der Waals surface area contributed by atoms with Crippen LogP contribution < -0.4 is 10.6 Å². The van der Waals surface area contributed by atoms with E-state index in [-0.39, 0.29) is 18.0 Å². The Labute approximate surface area is 112 Å². The van der Waals surface area contributed by atoms with Gasteiger partial charge in [0.15, 0.2) is 0 Å². The smallest absolute Gasteiger partial charge is 0.237 e. The van der Waals surface area contributed by atoms with E-state index in [4.69, 9.17) is 0 Å². The molecular weight excluding hydrogens is 246 g/mol. The molecule has 0 aromatic carbocycles. The van der Waals surface area contributed by atoms with E-state index in [1.54, 1.807) is 11.3 Å². The van der Waals surface area contributed by atoms with E-state index >= 15 is 0 Å². The summed E-state index contributed by atoms with van der Waals surface area (Å²) in [6.07, 6.45) is 3.25. The molecule has 2 atom stereocenters. The second-order valence-electron chi connectivity index (χ2n) is 4.92. The lowest BCUT2D eigenvalue weighted by atomic mass is 10.0. The van der Waals surface area contributed by atoms with Crippen LogP contribution in [0.5, 0.6) is 0 Å². The van der Waals surface area contributed by atoms with Gasteiger partial charge < -0.3 is 10.6 Å². The summed E-state index contributed by atoms with van der Waals surface area (Å²) < 4.78 is 0. The van der Waals surface area contributed by atoms with Gasteiger partial charge in [0, 0.05) is 4.88 Å². The normalized spacial score (nSPS) is 21.6. The average molecular weight is 267 g/mol. The van der Waals surface area contributed by atoms with E-state index in [1.165, 1.54) is 6.42 Å². The van der Waals surface area contributed by atoms with Gasteiger partial charge in [-0.15, -0.1) is 11.3 Å². The molecule has 1 aliphatic rings. The molecule has 0 bridgehead atoms. The van der Waals surface area contributed by atoms with Gasteiger partial charge in [-0.3, -0.25) is 4.79 Å². The van der Waals surface area contributed by atoms with Gasteiger partial charge in [-0.25, -0.2) is 4.98 Å². The number of carbonyl (C=O) groups excluding carboxylic acids is 1. The highest BCUT2D eigenvalue weighted by Gasteiger charge is 2.23. The molecule has 2 heterocycles. The van der Waals surface area contributed by atoms with Crippen molar-refractivity contribution in [1.29, 1.82) is 0 Å². The van der Waals surface area contributed by atoms with E-state index in [1.807, 2.05) is 20.8 Å². The Morgan fingerprint density at radius 2 is 2.28 bits per heavy atom. The number of thiazole rings is 1. The van der Waals surface area contributed by atoms with Gasteiger partial charge in [-0.2, -0.15) is 0 Å². The molecule has 0 radical (unpaired) electrons. The Morgan fingerprint density at radius 3 is 2.83 bits per heavy atom. The maximum Gasteiger partial charge on any atom is 0.237 e. The van der Waals surface area contributed by atoms with Crippen molar-refractivity contribution in [2.24, 2.45) is 0 Å². The number of carbonyl (C=O) groups is 1. The van der Waals surface area contributed by atoms with Gasteiger partial charge in [0.05, 0.1) is 22.8 Å². The van der Waals surface area contributed by atoms with Crippen LogP contribution in [-0.2, 0) is 4.79 Å². The van der Waals surface area contributed by atoms with Crippen LogP contribution in [0.3, 0.4) is 0 Å². The van der Waals surface area contributed by atoms with Gasteiger partial charge in [-0.1, -0.05) is 6.42 Å². The highest BCUT2D eigenvalue weighted by atomic mass is 32.1. The zero-order valence-electron chi connectivity index (χ0n) is 11.2. The third-order valence-corrected chi connectivity index (χ3v) is 4.57. The molecule has 18 heavy (non-hydrogen) atoms. The highest BCUT2D eigenvalue weighted by molar-refractivity contribution is 7.11. The summed E-state index contributed by atoms with van der Waals surface area (Å²) in [7, 11) is 0. The molecule has 1 aromatic heterocycles. The molecule has 1 fully saturated rings. The number of rotatable bonds is 3. The van der Waals surface area contributed by atoms with E-state index < -0.39 is 0 Å². The Balaban J connectivity index is 1.96. The summed E-state index contributed by atoms with van der Waals surface area (Å²) in [5, 5.41) is 7.42. The summed E-state index contributed by atoms with van der Waals surface area (Å²) in [6, 6.07) is 0.0305. The molecule has 0 spiro atoms. The molecule has 2 rings (SSSR count). The molecule has 4 nitrogen and oxygen atoms in total. The van der Waals surface area contributed by atoms with Crippen LogP contribution in [-0.4, -0.2) is 23.5 Å². The van der Waals surface area contributed by atoms with Gasteiger partial charge in [0.2, 0.25) is 5.91 Å². The first-order valence-electron chi connectivity index (χ1n) is 6.55. The van der Waals surface area contributed by atoms with Crippen LogP contribution in [0.1, 0.15) is 47.8 Å². The topological polar surface area (TPSA) is 54.0 Å². The zero-order valence-corrected chi connectivity index (χ0v) is 12.1. The number of nitrogens with zero attached hydrogens (tertiary/aromatic N) is 1. The van der Waals surface area contributed by atoms with Gasteiger partial charge in [0.1, 0.15) is 0 Å². The van der Waals surface area contributed by atoms with Crippen molar-refractivity contribution in [1.82, 2.24) is 15.6 Å². The molecule has 1 aliphatic heterocycles. The molecule has 2 N–H and O–H groups in total. The lowest BCUT2D eigenvalue weighted by Gasteiger charge is -2.24. The van der Waals surface area contributed by atoms with Gasteiger partial charge in [-0.05, 0) is 40.2 Å². The fourth-order valence-corrected chi connectivity index (χ4v) is 3.33. The maximum atomic E-state index is 12.1. The Bertz CT molecular complexity index is 424. The van der Waals surface area contributed by atoms with Crippen LogP contribution >= 0.6 is 11.3 Å². The minimum absolute atomic E-state index is 0.0180. The maximum absolute atomic E-state index is 12.1. The SMILES string of the molecule is Cc1nc(C)c(C(C)NC(=O)[C@@H]2CCCCN2)s1. The molecule has 0 aliphatic carbocycles. The first-order chi connectivity index (χ1) is 8.58. The van der Waals surface area contributed by atoms with Crippen LogP contribution in [0.25, 0.3) is 0 Å². The molecule has 100 valence electrons. The molecular formula is C13H21N3OS. The highest BCUT2D eigenvalue weighted by Crippen LogP contribution is 2.24. The molecule has 1 unspecified atom stereocenters. The molecule has 1 saturated heterocycles. The lowest BCUT2D eigenvalue weighted by molar-refractivity contribution is -0.124. The third-order valence-electron chi connectivity index (χ3n) is 3.32. The van der Waals surface area contributed by atoms with E-state index in [0.29, 0.717) is 0 Å². The summed E-state index contributed by atoms with van der Waals surface area (Å²) in [5.74, 6) is 0.118. The second kappa shape index (κ2) is 5.80. The predicted molar refractivity (Wildman–Crippen MR) is 73.8 cm³/mol. The number of aromatic nitrogens is 1. The number of amides is 1. The molecule has 1 aromatic rings. The van der Waals surface area contributed by atoms with Crippen molar-refractivity contribution in [3.05, 3.63) is 15.6 Å². The van der Waals surface area contributed by atoms with E-state index in [9.17, 15) is 4.79 Å². The molecule has 0 saturated carbocycles. The van der Waals surface area contributed by atoms with E-state index in [0.717, 1.165) is 35.0 Å². The predicted octanol–water partition coefficient (Wildman–Crippen LogP) is 2.08. The summed E-state index contributed by atoms with van der Waals surface area (Å²) >= 11 is 1.66. The Morgan fingerprint density at radius 1 is 1.50 bits per heavy atom. The monoisotopic (exact) mass is 267 g/mol. The second-order valence-corrected chi connectivity index (χ2v) is 6.15. The Hall–Kier alpha value is -0.940. The van der Waals surface area contributed by atoms with Crippen LogP contribution in [0.2, 0.25) is 0 Å². The molecule has 5 heteroatoms. The standard InChI is InChI=1S/C13H21N3OS/c1-8-12(18-10(3)15-8)9(2)16-13(17)11-6-4-5-7-14-11/h9,11,14H,4-7H2,1-3H3,(H,16,17)/t9?,11-/m0/s1. The Kier molecular flexibility index (Phi) is 4.35. The average Bonchev–Trinajstić information content (AvgIpc) is 2.69. The summed E-state index contributed by atoms with van der Waals surface area (Å²) in [5.41, 5.74) is 1.03. The number of aryl methyl sites for hydroxylation is 2. The van der Waals surface area contributed by atoms with Crippen molar-refractivity contribution in [3.63, 3.8) is 0 Å². The number of piperidine rings is 1. The van der Waals surface area contributed by atoms with E-state index in [2.05, 4.69) is 15.6 Å². The first-order valence-corrected chi connectivity index (χ1v) is 7.37. The van der Waals surface area contributed by atoms with Gasteiger partial charge in [0.25, 0.3) is 0 Å². The fraction of sp³-hybridized carbons (Fsp3) is 0.692. The molecule has 1 amide bonds. The first kappa shape index (κ1) is 13.5. The minimum atomic E-state index is -0.0180. The van der Waals surface area contributed by atoms with Crippen molar-refractivity contribution in [3.8, 4) is 0 Å². The third kappa shape index (κ3) is 3.09. The number of hydrogen-bond acceptors (Lipinski definition) is 4. The fourth-order valence-electron chi connectivity index (χ4n) is 2.40. The van der Waals surface area contributed by atoms with Crippen molar-refractivity contribution >= 4 is 17.2 Å². The van der Waals surface area contributed by atoms with Crippen LogP contribution in [0, 0.1) is 13.8 Å². The summed E-state index contributed by atoms with van der Waals surface area (Å²) in [4.78, 5) is 17.7. The lowest BCUT2D eigenvalue weighted by Crippen LogP contribution is -2.47. The van der Waals surface area contributed by atoms with Crippen molar-refractivity contribution in [2.45, 2.75) is 52.1 Å². The van der Waals surface area contributed by atoms with Crippen LogP contribution in [0.15, 0.2) is 0 Å². The van der Waals surface area contributed by atoms with Crippen molar-refractivity contribution < 1.29 is 4.79 Å². The van der Waals surface area contributed by atoms with Crippen LogP contribution in [0.4, 0.5) is 0 Å². The minimum Gasteiger partial charge on any atom is -0.347 e. The quantitative estimate of drug-likeness (QED) is 0.881.